The van der Waals surface area contributed by atoms with Crippen LogP contribution in [0.25, 0.3) is 0 Å². The van der Waals surface area contributed by atoms with Gasteiger partial charge in [-0.2, -0.15) is 0 Å². The monoisotopic (exact) mass is 1240 g/mol. The van der Waals surface area contributed by atoms with E-state index in [1.807, 2.05) is 20.8 Å². The fraction of sp³-hybridized carbons (Fsp3) is 0.948. The summed E-state index contributed by atoms with van der Waals surface area (Å²) in [5.41, 5.74) is -2.48. The van der Waals surface area contributed by atoms with Gasteiger partial charge in [0.2, 0.25) is 0 Å². The van der Waals surface area contributed by atoms with Gasteiger partial charge in [-0.3, -0.25) is 0 Å². The summed E-state index contributed by atoms with van der Waals surface area (Å²) in [6.07, 6.45) is -36.2. The van der Waals surface area contributed by atoms with E-state index in [0.29, 0.717) is 44.9 Å². The molecule has 494 valence electrons. The average Bonchev–Trinajstić information content (AvgIpc) is 0.678. The molecular weight excluding hydrogens is 1140 g/mol. The molecule has 0 spiro atoms. The SMILES string of the molecule is CC1(C)C[C@H]2C3=CC[C@@H]4[C@@]5(C)CC[C@H](O[C@@H]6O[C@H](C(=O)O)[C@@H](O)[C@H](O)[C@H]6O[C@@H]6O[C@H](CO)[C@H](O)[C@H](O)[C@H]6O[C@@H]6OC[C@@H](O)[C@H](O)[C@H]6O)[C@](C)(CO)[C@@H]5CC[C@@]4(C)[C@]3(C)CC[C@@]2(C)[C@H](O[C@@H]2OC[C@H](O)[C@H](O[C@@H]3O[C@H](CO)[C@@H](O)[C@H](O)[C@H]3O)[C@H]2O)[C@@H]1O. The number of hydrogen-bond acceptors (Lipinski definition) is 27. The highest BCUT2D eigenvalue weighted by atomic mass is 16.8. The summed E-state index contributed by atoms with van der Waals surface area (Å²) in [6, 6.07) is 0. The van der Waals surface area contributed by atoms with E-state index in [4.69, 9.17) is 47.4 Å². The van der Waals surface area contributed by atoms with E-state index in [1.54, 1.807) is 0 Å². The third kappa shape index (κ3) is 10.9. The standard InChI is InChI=1S/C58H94O28/c1-53(2)16-23-22-8-9-29-55(4)12-11-30(81-52-44(37(70)36(69)42(83-52)47(75)76)85-51-43(35(68)33(66)27(18-60)80-51)84-48-38(71)31(64)24(62)19-77-48)56(5,21-61)28(55)10-13-58(29,7)57(22,6)15-14-54(23,3)46(45(53)74)86-49-40(73)41(25(63)20-78-49)82-50-39(72)34(67)32(65)26(17-59)79-50/h8,23-46,48-52,59-74H,9-21H2,1-7H3,(H,75,76)/t23-,24+,25-,26+,27+,28+,29+,30-,31-,32+,33-,34-,35-,36-,37-,38+,39+,40+,41-,42-,43+,44+,45-,46+,48-,49-,50-,51-,52+,54+,55-,56+,57+,58+/m0/s1. The number of aliphatic hydroxyl groups excluding tert-OH is 16. The minimum atomic E-state index is -2.14. The zero-order valence-electron chi connectivity index (χ0n) is 49.6. The molecule has 0 radical (unpaired) electrons. The van der Waals surface area contributed by atoms with Crippen molar-refractivity contribution in [3.05, 3.63) is 11.6 Å². The first-order chi connectivity index (χ1) is 40.3. The van der Waals surface area contributed by atoms with E-state index in [0.717, 1.165) is 0 Å². The van der Waals surface area contributed by atoms with Crippen molar-refractivity contribution in [2.45, 2.75) is 259 Å². The van der Waals surface area contributed by atoms with Gasteiger partial charge in [0.25, 0.3) is 0 Å². The molecule has 5 aliphatic carbocycles. The maximum atomic E-state index is 12.6. The van der Waals surface area contributed by atoms with Crippen LogP contribution < -0.4 is 0 Å². The third-order valence-corrected chi connectivity index (χ3v) is 23.2. The summed E-state index contributed by atoms with van der Waals surface area (Å²) in [5, 5.41) is 185. The number of rotatable bonds is 14. The number of ether oxygens (including phenoxy) is 10. The molecular formula is C58H94O28. The topological polar surface area (TPSA) is 453 Å². The fourth-order valence-electron chi connectivity index (χ4n) is 17.6. The van der Waals surface area contributed by atoms with Crippen LogP contribution >= 0.6 is 0 Å². The van der Waals surface area contributed by atoms with Crippen molar-refractivity contribution < 1.29 is 139 Å². The predicted octanol–water partition coefficient (Wildman–Crippen LogP) is -4.43. The maximum absolute atomic E-state index is 12.6. The van der Waals surface area contributed by atoms with Gasteiger partial charge in [-0.05, 0) is 90.8 Å². The van der Waals surface area contributed by atoms with E-state index in [9.17, 15) is 91.6 Å². The molecule has 0 bridgehead atoms. The van der Waals surface area contributed by atoms with Crippen LogP contribution in [0.5, 0.6) is 0 Å². The average molecular weight is 1240 g/mol. The molecule has 0 aromatic carbocycles. The van der Waals surface area contributed by atoms with Crippen LogP contribution in [0.3, 0.4) is 0 Å². The first kappa shape index (κ1) is 67.1. The number of allylic oxidation sites excluding steroid dienone is 2. The Morgan fingerprint density at radius 1 is 0.535 bits per heavy atom. The second kappa shape index (κ2) is 24.6. The van der Waals surface area contributed by atoms with Crippen molar-refractivity contribution in [3.63, 3.8) is 0 Å². The Hall–Kier alpha value is -1.83. The lowest BCUT2D eigenvalue weighted by Gasteiger charge is -2.72. The summed E-state index contributed by atoms with van der Waals surface area (Å²) in [5.74, 6) is -1.98. The number of carbonyl (C=O) groups is 1. The Morgan fingerprint density at radius 2 is 1.09 bits per heavy atom. The highest BCUT2D eigenvalue weighted by Gasteiger charge is 2.71. The molecule has 28 heteroatoms. The molecule has 0 amide bonds. The molecule has 86 heavy (non-hydrogen) atoms. The molecule has 0 aromatic rings. The van der Waals surface area contributed by atoms with Gasteiger partial charge in [-0.25, -0.2) is 4.79 Å². The Kier molecular flexibility index (Phi) is 19.2. The second-order valence-electron chi connectivity index (χ2n) is 28.3. The van der Waals surface area contributed by atoms with Gasteiger partial charge in [0, 0.05) is 10.8 Å². The van der Waals surface area contributed by atoms with Gasteiger partial charge in [0.1, 0.15) is 104 Å². The highest BCUT2D eigenvalue weighted by molar-refractivity contribution is 5.73. The van der Waals surface area contributed by atoms with E-state index in [-0.39, 0.29) is 36.2 Å². The molecule has 9 fully saturated rings. The molecule has 34 atom stereocenters. The summed E-state index contributed by atoms with van der Waals surface area (Å²) in [6.45, 7) is 11.9. The van der Waals surface area contributed by atoms with E-state index in [2.05, 4.69) is 33.8 Å². The van der Waals surface area contributed by atoms with Crippen LogP contribution in [0.15, 0.2) is 11.6 Å². The highest BCUT2D eigenvalue weighted by Crippen LogP contribution is 2.76. The summed E-state index contributed by atoms with van der Waals surface area (Å²) >= 11 is 0. The normalized spacial score (nSPS) is 55.7. The Morgan fingerprint density at radius 3 is 1.72 bits per heavy atom. The molecule has 5 aliphatic heterocycles. The largest absolute Gasteiger partial charge is 0.479 e. The van der Waals surface area contributed by atoms with Crippen molar-refractivity contribution in [1.82, 2.24) is 0 Å². The predicted molar refractivity (Wildman–Crippen MR) is 287 cm³/mol. The summed E-state index contributed by atoms with van der Waals surface area (Å²) < 4.78 is 60.1. The number of carboxylic acid groups (broad SMARTS) is 1. The lowest BCUT2D eigenvalue weighted by Crippen LogP contribution is -2.69. The molecule has 28 nitrogen and oxygen atoms in total. The zero-order valence-corrected chi connectivity index (χ0v) is 49.6. The zero-order chi connectivity index (χ0) is 62.9. The van der Waals surface area contributed by atoms with Crippen LogP contribution in [-0.4, -0.2) is 285 Å². The Balaban J connectivity index is 0.891. The number of hydrogen-bond donors (Lipinski definition) is 17. The molecule has 10 rings (SSSR count). The Bertz CT molecular complexity index is 2410. The summed E-state index contributed by atoms with van der Waals surface area (Å²) in [4.78, 5) is 12.6. The Labute approximate surface area is 498 Å². The van der Waals surface area contributed by atoms with Crippen LogP contribution in [0.2, 0.25) is 0 Å². The molecule has 5 saturated heterocycles. The first-order valence-electron chi connectivity index (χ1n) is 30.4. The fourth-order valence-corrected chi connectivity index (χ4v) is 17.6. The number of fused-ring (bicyclic) bond motifs is 7. The van der Waals surface area contributed by atoms with Crippen molar-refractivity contribution >= 4 is 5.97 Å². The number of aliphatic hydroxyl groups is 16. The number of carboxylic acids is 1. The smallest absolute Gasteiger partial charge is 0.335 e. The second-order valence-corrected chi connectivity index (χ2v) is 28.3. The van der Waals surface area contributed by atoms with Crippen molar-refractivity contribution in [2.75, 3.05) is 33.0 Å². The molecule has 5 heterocycles. The first-order valence-corrected chi connectivity index (χ1v) is 30.4. The van der Waals surface area contributed by atoms with Crippen LogP contribution in [0, 0.1) is 50.2 Å². The van der Waals surface area contributed by atoms with Gasteiger partial charge < -0.3 is 134 Å². The van der Waals surface area contributed by atoms with E-state index >= 15 is 0 Å². The van der Waals surface area contributed by atoms with Crippen molar-refractivity contribution in [2.24, 2.45) is 50.2 Å². The van der Waals surface area contributed by atoms with Gasteiger partial charge in [-0.15, -0.1) is 0 Å². The molecule has 0 aromatic heterocycles. The minimum Gasteiger partial charge on any atom is -0.479 e. The molecule has 0 unspecified atom stereocenters. The van der Waals surface area contributed by atoms with Gasteiger partial charge >= 0.3 is 5.97 Å². The molecule has 17 N–H and O–H groups in total. The van der Waals surface area contributed by atoms with Gasteiger partial charge in [0.15, 0.2) is 37.6 Å². The lowest BCUT2D eigenvalue weighted by atomic mass is 9.33. The molecule has 10 aliphatic rings. The lowest BCUT2D eigenvalue weighted by molar-refractivity contribution is -0.393. The third-order valence-electron chi connectivity index (χ3n) is 23.2. The van der Waals surface area contributed by atoms with Crippen molar-refractivity contribution in [1.29, 1.82) is 0 Å². The van der Waals surface area contributed by atoms with Crippen LogP contribution in [0.1, 0.15) is 99.8 Å². The van der Waals surface area contributed by atoms with Crippen molar-refractivity contribution in [3.8, 4) is 0 Å². The van der Waals surface area contributed by atoms with Gasteiger partial charge in [-0.1, -0.05) is 60.1 Å². The summed E-state index contributed by atoms with van der Waals surface area (Å²) in [7, 11) is 0. The minimum absolute atomic E-state index is 0.0406. The van der Waals surface area contributed by atoms with Crippen LogP contribution in [-0.2, 0) is 52.2 Å². The number of aliphatic carboxylic acids is 1. The van der Waals surface area contributed by atoms with E-state index in [1.165, 1.54) is 5.57 Å². The van der Waals surface area contributed by atoms with Gasteiger partial charge in [0.05, 0.1) is 51.3 Å². The molecule has 4 saturated carbocycles. The van der Waals surface area contributed by atoms with Crippen LogP contribution in [0.4, 0.5) is 0 Å². The quantitative estimate of drug-likeness (QED) is 0.0576. The van der Waals surface area contributed by atoms with E-state index < -0.39 is 219 Å². The maximum Gasteiger partial charge on any atom is 0.335 e.